The minimum atomic E-state index is -0.667. The highest BCUT2D eigenvalue weighted by atomic mass is 79.9. The van der Waals surface area contributed by atoms with Crippen LogP contribution in [0.4, 0.5) is 5.69 Å². The van der Waals surface area contributed by atoms with Gasteiger partial charge in [0, 0.05) is 28.8 Å². The van der Waals surface area contributed by atoms with Crippen LogP contribution >= 0.6 is 15.9 Å². The van der Waals surface area contributed by atoms with E-state index in [-0.39, 0.29) is 5.84 Å². The summed E-state index contributed by atoms with van der Waals surface area (Å²) in [7, 11) is 0. The standard InChI is InChI=1S/C13H18BrN3O/c1-13(18)5-2-6-17(8-13)11-4-3-9(14)7-10(11)12(15)16/h3-4,7,18H,2,5-6,8H2,1H3,(H3,15,16). The second kappa shape index (κ2) is 4.90. The van der Waals surface area contributed by atoms with Crippen molar-refractivity contribution in [3.8, 4) is 0 Å². The number of β-amino-alcohol motifs (C(OH)–C–C–N with tert-alkyl or cyclic N) is 1. The smallest absolute Gasteiger partial charge is 0.124 e. The molecule has 0 amide bonds. The van der Waals surface area contributed by atoms with Gasteiger partial charge in [0.1, 0.15) is 5.84 Å². The van der Waals surface area contributed by atoms with Gasteiger partial charge in [-0.25, -0.2) is 0 Å². The van der Waals surface area contributed by atoms with Crippen molar-refractivity contribution in [1.82, 2.24) is 0 Å². The van der Waals surface area contributed by atoms with Gasteiger partial charge in [-0.05, 0) is 38.0 Å². The molecule has 1 atom stereocenters. The van der Waals surface area contributed by atoms with Crippen LogP contribution in [0.25, 0.3) is 0 Å². The maximum Gasteiger partial charge on any atom is 0.124 e. The Kier molecular flexibility index (Phi) is 3.64. The van der Waals surface area contributed by atoms with E-state index in [9.17, 15) is 5.11 Å². The molecule has 1 fully saturated rings. The van der Waals surface area contributed by atoms with Gasteiger partial charge in [-0.2, -0.15) is 0 Å². The molecule has 1 aliphatic heterocycles. The summed E-state index contributed by atoms with van der Waals surface area (Å²) in [4.78, 5) is 2.10. The molecular weight excluding hydrogens is 294 g/mol. The Labute approximate surface area is 115 Å². The molecule has 0 spiro atoms. The van der Waals surface area contributed by atoms with Gasteiger partial charge in [0.2, 0.25) is 0 Å². The molecule has 4 N–H and O–H groups in total. The highest BCUT2D eigenvalue weighted by Gasteiger charge is 2.29. The van der Waals surface area contributed by atoms with Gasteiger partial charge in [0.15, 0.2) is 0 Å². The van der Waals surface area contributed by atoms with Crippen LogP contribution in [-0.4, -0.2) is 29.6 Å². The Hall–Kier alpha value is -1.07. The van der Waals surface area contributed by atoms with E-state index in [4.69, 9.17) is 11.1 Å². The summed E-state index contributed by atoms with van der Waals surface area (Å²) < 4.78 is 0.903. The molecule has 1 aliphatic rings. The molecule has 0 aromatic heterocycles. The Morgan fingerprint density at radius 2 is 2.28 bits per heavy atom. The van der Waals surface area contributed by atoms with Crippen LogP contribution in [0.15, 0.2) is 22.7 Å². The molecule has 0 radical (unpaired) electrons. The van der Waals surface area contributed by atoms with Crippen molar-refractivity contribution < 1.29 is 5.11 Å². The van der Waals surface area contributed by atoms with Gasteiger partial charge in [0.05, 0.1) is 5.60 Å². The van der Waals surface area contributed by atoms with E-state index in [0.29, 0.717) is 12.1 Å². The maximum absolute atomic E-state index is 10.2. The zero-order chi connectivity index (χ0) is 13.3. The number of benzene rings is 1. The molecule has 1 aromatic rings. The lowest BCUT2D eigenvalue weighted by atomic mass is 9.94. The molecule has 98 valence electrons. The average Bonchev–Trinajstić information content (AvgIpc) is 2.27. The largest absolute Gasteiger partial charge is 0.388 e. The van der Waals surface area contributed by atoms with Gasteiger partial charge < -0.3 is 15.7 Å². The number of piperidine rings is 1. The number of hydrogen-bond donors (Lipinski definition) is 3. The number of aliphatic hydroxyl groups is 1. The first-order chi connectivity index (χ1) is 8.39. The Balaban J connectivity index is 2.35. The first-order valence-electron chi connectivity index (χ1n) is 6.00. The van der Waals surface area contributed by atoms with E-state index >= 15 is 0 Å². The zero-order valence-electron chi connectivity index (χ0n) is 10.4. The Morgan fingerprint density at radius 3 is 2.89 bits per heavy atom. The minimum absolute atomic E-state index is 0.0523. The van der Waals surface area contributed by atoms with Gasteiger partial charge in [-0.3, -0.25) is 5.41 Å². The molecule has 1 saturated heterocycles. The summed E-state index contributed by atoms with van der Waals surface area (Å²) in [5.74, 6) is 0.0523. The maximum atomic E-state index is 10.2. The van der Waals surface area contributed by atoms with Gasteiger partial charge in [-0.1, -0.05) is 15.9 Å². The van der Waals surface area contributed by atoms with Crippen LogP contribution in [0.1, 0.15) is 25.3 Å². The van der Waals surface area contributed by atoms with Gasteiger partial charge in [-0.15, -0.1) is 0 Å². The topological polar surface area (TPSA) is 73.3 Å². The second-order valence-corrected chi connectivity index (χ2v) is 6.01. The van der Waals surface area contributed by atoms with Crippen LogP contribution in [0.3, 0.4) is 0 Å². The first kappa shape index (κ1) is 13.4. The number of amidine groups is 1. The summed E-state index contributed by atoms with van der Waals surface area (Å²) in [6, 6.07) is 5.73. The van der Waals surface area contributed by atoms with E-state index in [1.165, 1.54) is 0 Å². The van der Waals surface area contributed by atoms with Crippen LogP contribution in [0.2, 0.25) is 0 Å². The number of nitrogens with one attached hydrogen (secondary N) is 1. The lowest BCUT2D eigenvalue weighted by Crippen LogP contribution is -2.46. The number of rotatable bonds is 2. The second-order valence-electron chi connectivity index (χ2n) is 5.10. The lowest BCUT2D eigenvalue weighted by molar-refractivity contribution is 0.0449. The quantitative estimate of drug-likeness (QED) is 0.578. The van der Waals surface area contributed by atoms with Crippen molar-refractivity contribution in [2.75, 3.05) is 18.0 Å². The number of hydrogen-bond acceptors (Lipinski definition) is 3. The van der Waals surface area contributed by atoms with Crippen molar-refractivity contribution in [3.05, 3.63) is 28.2 Å². The molecule has 1 unspecified atom stereocenters. The van der Waals surface area contributed by atoms with Crippen molar-refractivity contribution in [2.45, 2.75) is 25.4 Å². The monoisotopic (exact) mass is 311 g/mol. The molecule has 0 bridgehead atoms. The molecule has 1 heterocycles. The van der Waals surface area contributed by atoms with Crippen molar-refractivity contribution in [3.63, 3.8) is 0 Å². The van der Waals surface area contributed by atoms with E-state index in [0.717, 1.165) is 29.5 Å². The zero-order valence-corrected chi connectivity index (χ0v) is 12.0. The Morgan fingerprint density at radius 1 is 1.56 bits per heavy atom. The van der Waals surface area contributed by atoms with Gasteiger partial charge in [0.25, 0.3) is 0 Å². The fraction of sp³-hybridized carbons (Fsp3) is 0.462. The molecule has 2 rings (SSSR count). The van der Waals surface area contributed by atoms with Crippen molar-refractivity contribution in [1.29, 1.82) is 5.41 Å². The average molecular weight is 312 g/mol. The summed E-state index contributed by atoms with van der Waals surface area (Å²) in [6.45, 7) is 3.32. The number of halogens is 1. The highest BCUT2D eigenvalue weighted by Crippen LogP contribution is 2.29. The molecule has 1 aromatic carbocycles. The number of nitrogen functional groups attached to an aromatic ring is 1. The lowest BCUT2D eigenvalue weighted by Gasteiger charge is -2.39. The molecular formula is C13H18BrN3O. The molecule has 5 heteroatoms. The number of nitrogens with zero attached hydrogens (tertiary/aromatic N) is 1. The van der Waals surface area contributed by atoms with Crippen LogP contribution < -0.4 is 10.6 Å². The van der Waals surface area contributed by atoms with E-state index < -0.39 is 5.60 Å². The van der Waals surface area contributed by atoms with E-state index in [1.807, 2.05) is 25.1 Å². The Bertz CT molecular complexity index is 473. The molecule has 0 aliphatic carbocycles. The van der Waals surface area contributed by atoms with E-state index in [2.05, 4.69) is 20.8 Å². The molecule has 4 nitrogen and oxygen atoms in total. The van der Waals surface area contributed by atoms with Crippen molar-refractivity contribution in [2.24, 2.45) is 5.73 Å². The summed E-state index contributed by atoms with van der Waals surface area (Å²) in [5.41, 5.74) is 6.60. The summed E-state index contributed by atoms with van der Waals surface area (Å²) >= 11 is 3.39. The molecule has 18 heavy (non-hydrogen) atoms. The van der Waals surface area contributed by atoms with Crippen molar-refractivity contribution >= 4 is 27.5 Å². The van der Waals surface area contributed by atoms with E-state index in [1.54, 1.807) is 0 Å². The third kappa shape index (κ3) is 2.84. The fourth-order valence-corrected chi connectivity index (χ4v) is 2.79. The SMILES string of the molecule is CC1(O)CCCN(c2ccc(Br)cc2C(=N)N)C1. The third-order valence-corrected chi connectivity index (χ3v) is 3.76. The summed E-state index contributed by atoms with van der Waals surface area (Å²) in [5, 5.41) is 17.8. The minimum Gasteiger partial charge on any atom is -0.388 e. The van der Waals surface area contributed by atoms with Crippen LogP contribution in [0.5, 0.6) is 0 Å². The third-order valence-electron chi connectivity index (χ3n) is 3.26. The number of nitrogens with two attached hydrogens (primary N) is 1. The highest BCUT2D eigenvalue weighted by molar-refractivity contribution is 9.10. The predicted octanol–water partition coefficient (Wildman–Crippen LogP) is 2.08. The number of anilines is 1. The normalized spacial score (nSPS) is 24.1. The van der Waals surface area contributed by atoms with Crippen LogP contribution in [-0.2, 0) is 0 Å². The summed E-state index contributed by atoms with van der Waals surface area (Å²) in [6.07, 6.45) is 1.76. The molecule has 0 saturated carbocycles. The predicted molar refractivity (Wildman–Crippen MR) is 77.2 cm³/mol. The fourth-order valence-electron chi connectivity index (χ4n) is 2.43. The first-order valence-corrected chi connectivity index (χ1v) is 6.80. The van der Waals surface area contributed by atoms with Gasteiger partial charge >= 0.3 is 0 Å². The van der Waals surface area contributed by atoms with Crippen LogP contribution in [0, 0.1) is 5.41 Å².